The number of aromatic nitrogens is 1. The molecular weight excluding hydrogens is 496 g/mol. The van der Waals surface area contributed by atoms with Crippen LogP contribution in [0.25, 0.3) is 11.8 Å². The van der Waals surface area contributed by atoms with Crippen molar-refractivity contribution >= 4 is 29.1 Å². The minimum Gasteiger partial charge on any atom is -0.491 e. The molecule has 0 fully saturated rings. The molecule has 2 heterocycles. The molecule has 5 rings (SSSR count). The predicted octanol–water partition coefficient (Wildman–Crippen LogP) is 4.72. The number of benzene rings is 3. The lowest BCUT2D eigenvalue weighted by atomic mass is 9.93. The van der Waals surface area contributed by atoms with Gasteiger partial charge in [0.1, 0.15) is 5.75 Å². The van der Waals surface area contributed by atoms with Crippen LogP contribution in [0.3, 0.4) is 0 Å². The monoisotopic (exact) mass is 524 g/mol. The van der Waals surface area contributed by atoms with E-state index in [1.54, 1.807) is 11.5 Å². The first-order chi connectivity index (χ1) is 18.5. The summed E-state index contributed by atoms with van der Waals surface area (Å²) >= 11 is 1.31. The Balaban J connectivity index is 1.73. The smallest absolute Gasteiger partial charge is 0.338 e. The number of rotatable bonds is 7. The van der Waals surface area contributed by atoms with Crippen LogP contribution in [0.2, 0.25) is 0 Å². The van der Waals surface area contributed by atoms with Gasteiger partial charge in [0.15, 0.2) is 4.80 Å². The van der Waals surface area contributed by atoms with E-state index >= 15 is 0 Å². The number of esters is 1. The van der Waals surface area contributed by atoms with Crippen LogP contribution in [-0.2, 0) is 9.53 Å². The third-order valence-electron chi connectivity index (χ3n) is 6.04. The molecule has 1 atom stereocenters. The zero-order valence-corrected chi connectivity index (χ0v) is 22.3. The van der Waals surface area contributed by atoms with Crippen LogP contribution in [0.4, 0.5) is 0 Å². The summed E-state index contributed by atoms with van der Waals surface area (Å²) in [6, 6.07) is 26.0. The number of nitrogens with zero attached hydrogens (tertiary/aromatic N) is 2. The Hall–Kier alpha value is -4.23. The fourth-order valence-electron chi connectivity index (χ4n) is 4.46. The van der Waals surface area contributed by atoms with Crippen molar-refractivity contribution in [2.24, 2.45) is 4.99 Å². The zero-order chi connectivity index (χ0) is 26.6. The first-order valence-electron chi connectivity index (χ1n) is 12.6. The normalized spacial score (nSPS) is 15.3. The van der Waals surface area contributed by atoms with Crippen molar-refractivity contribution in [1.82, 2.24) is 4.57 Å². The maximum Gasteiger partial charge on any atom is 0.338 e. The molecule has 0 aliphatic carbocycles. The van der Waals surface area contributed by atoms with Crippen LogP contribution in [0, 0.1) is 0 Å². The van der Waals surface area contributed by atoms with Gasteiger partial charge in [0.25, 0.3) is 5.56 Å². The SMILES string of the molecule is CCOC(=O)C1=C(c2ccccc2)N=c2s/c(=C\c3ccc(OC(C)C)cc3)c(=O)n2[C@@H]1c1ccccc1. The molecule has 6 nitrogen and oxygen atoms in total. The van der Waals surface area contributed by atoms with Crippen LogP contribution >= 0.6 is 11.3 Å². The van der Waals surface area contributed by atoms with Crippen molar-refractivity contribution in [3.63, 3.8) is 0 Å². The summed E-state index contributed by atoms with van der Waals surface area (Å²) in [4.78, 5) is 32.7. The summed E-state index contributed by atoms with van der Waals surface area (Å²) in [7, 11) is 0. The van der Waals surface area contributed by atoms with E-state index < -0.39 is 12.0 Å². The number of carbonyl (C=O) groups excluding carboxylic acids is 1. The molecule has 0 bridgehead atoms. The summed E-state index contributed by atoms with van der Waals surface area (Å²) in [6.07, 6.45) is 1.93. The van der Waals surface area contributed by atoms with E-state index in [9.17, 15) is 9.59 Å². The Kier molecular flexibility index (Phi) is 7.38. The first kappa shape index (κ1) is 25.4. The number of hydrogen-bond acceptors (Lipinski definition) is 6. The highest BCUT2D eigenvalue weighted by Gasteiger charge is 2.35. The van der Waals surface area contributed by atoms with E-state index in [-0.39, 0.29) is 18.3 Å². The minimum atomic E-state index is -0.675. The van der Waals surface area contributed by atoms with Gasteiger partial charge in [-0.1, -0.05) is 84.1 Å². The molecule has 192 valence electrons. The Morgan fingerprint density at radius 2 is 1.66 bits per heavy atom. The van der Waals surface area contributed by atoms with Gasteiger partial charge in [0.2, 0.25) is 0 Å². The molecule has 7 heteroatoms. The predicted molar refractivity (Wildman–Crippen MR) is 150 cm³/mol. The second kappa shape index (κ2) is 11.0. The van der Waals surface area contributed by atoms with Gasteiger partial charge in [-0.25, -0.2) is 9.79 Å². The topological polar surface area (TPSA) is 69.9 Å². The Morgan fingerprint density at radius 1 is 1.00 bits per heavy atom. The highest BCUT2D eigenvalue weighted by molar-refractivity contribution is 7.07. The first-order valence-corrected chi connectivity index (χ1v) is 13.4. The average Bonchev–Trinajstić information content (AvgIpc) is 3.24. The third kappa shape index (κ3) is 5.10. The molecule has 0 amide bonds. The summed E-state index contributed by atoms with van der Waals surface area (Å²) in [5.41, 5.74) is 3.12. The molecule has 1 aromatic heterocycles. The van der Waals surface area contributed by atoms with Crippen LogP contribution in [0.15, 0.2) is 100 Å². The van der Waals surface area contributed by atoms with Crippen molar-refractivity contribution in [3.05, 3.63) is 127 Å². The second-order valence-corrected chi connectivity index (χ2v) is 10.1. The molecule has 4 aromatic rings. The number of carbonyl (C=O) groups is 1. The van der Waals surface area contributed by atoms with Gasteiger partial charge in [-0.2, -0.15) is 0 Å². The molecule has 1 aliphatic rings. The van der Waals surface area contributed by atoms with Crippen molar-refractivity contribution in [3.8, 4) is 5.75 Å². The van der Waals surface area contributed by atoms with Gasteiger partial charge in [0.05, 0.1) is 34.6 Å². The van der Waals surface area contributed by atoms with Gasteiger partial charge in [-0.05, 0) is 50.1 Å². The standard InChI is InChI=1S/C31H28N2O4S/c1-4-36-30(35)26-27(22-11-7-5-8-12-22)32-31-33(28(26)23-13-9-6-10-14-23)29(34)25(38-31)19-21-15-17-24(18-16-21)37-20(2)3/h5-20,28H,4H2,1-3H3/b25-19-/t28-/m1/s1. The minimum absolute atomic E-state index is 0.0786. The number of hydrogen-bond donors (Lipinski definition) is 0. The molecular formula is C31H28N2O4S. The van der Waals surface area contributed by atoms with Crippen LogP contribution in [-0.4, -0.2) is 23.2 Å². The van der Waals surface area contributed by atoms with Crippen LogP contribution in [0.5, 0.6) is 5.75 Å². The lowest BCUT2D eigenvalue weighted by molar-refractivity contribution is -0.138. The van der Waals surface area contributed by atoms with Crippen LogP contribution < -0.4 is 19.6 Å². The van der Waals surface area contributed by atoms with E-state index in [1.165, 1.54) is 11.3 Å². The molecule has 0 unspecified atom stereocenters. The maximum absolute atomic E-state index is 13.9. The fraction of sp³-hybridized carbons (Fsp3) is 0.194. The lowest BCUT2D eigenvalue weighted by Gasteiger charge is -2.25. The molecule has 0 radical (unpaired) electrons. The van der Waals surface area contributed by atoms with E-state index in [1.807, 2.05) is 105 Å². The van der Waals surface area contributed by atoms with Crippen molar-refractivity contribution in [2.75, 3.05) is 6.61 Å². The maximum atomic E-state index is 13.9. The number of thiazole rings is 1. The quantitative estimate of drug-likeness (QED) is 0.328. The molecule has 38 heavy (non-hydrogen) atoms. The van der Waals surface area contributed by atoms with Gasteiger partial charge in [-0.3, -0.25) is 9.36 Å². The Bertz CT molecular complexity index is 1650. The molecule has 0 N–H and O–H groups in total. The Labute approximate surface area is 224 Å². The van der Waals surface area contributed by atoms with Gasteiger partial charge in [-0.15, -0.1) is 0 Å². The van der Waals surface area contributed by atoms with E-state index in [4.69, 9.17) is 14.5 Å². The summed E-state index contributed by atoms with van der Waals surface area (Å²) in [6.45, 7) is 5.94. The molecule has 0 spiro atoms. The van der Waals surface area contributed by atoms with E-state index in [0.29, 0.717) is 20.6 Å². The van der Waals surface area contributed by atoms with Gasteiger partial charge in [0, 0.05) is 5.56 Å². The van der Waals surface area contributed by atoms with E-state index in [0.717, 1.165) is 22.4 Å². The largest absolute Gasteiger partial charge is 0.491 e. The molecule has 0 saturated carbocycles. The molecule has 1 aliphatic heterocycles. The van der Waals surface area contributed by atoms with Crippen molar-refractivity contribution in [2.45, 2.75) is 32.9 Å². The summed E-state index contributed by atoms with van der Waals surface area (Å²) in [5.74, 6) is 0.285. The summed E-state index contributed by atoms with van der Waals surface area (Å²) in [5, 5.41) is 0. The Morgan fingerprint density at radius 3 is 2.29 bits per heavy atom. The highest BCUT2D eigenvalue weighted by Crippen LogP contribution is 2.35. The van der Waals surface area contributed by atoms with Crippen molar-refractivity contribution in [1.29, 1.82) is 0 Å². The molecule has 3 aromatic carbocycles. The fourth-order valence-corrected chi connectivity index (χ4v) is 5.46. The van der Waals surface area contributed by atoms with Crippen LogP contribution in [0.1, 0.15) is 43.5 Å². The lowest BCUT2D eigenvalue weighted by Crippen LogP contribution is -2.39. The van der Waals surface area contributed by atoms with Gasteiger partial charge >= 0.3 is 5.97 Å². The highest BCUT2D eigenvalue weighted by atomic mass is 32.1. The number of fused-ring (bicyclic) bond motifs is 1. The zero-order valence-electron chi connectivity index (χ0n) is 21.5. The third-order valence-corrected chi connectivity index (χ3v) is 7.02. The number of ether oxygens (including phenoxy) is 2. The average molecular weight is 525 g/mol. The molecule has 0 saturated heterocycles. The van der Waals surface area contributed by atoms with E-state index in [2.05, 4.69) is 0 Å². The summed E-state index contributed by atoms with van der Waals surface area (Å²) < 4.78 is 13.4. The van der Waals surface area contributed by atoms with Gasteiger partial charge < -0.3 is 9.47 Å². The van der Waals surface area contributed by atoms with Crippen molar-refractivity contribution < 1.29 is 14.3 Å². The second-order valence-electron chi connectivity index (χ2n) is 9.08.